The number of aromatic carboxylic acids is 1. The van der Waals surface area contributed by atoms with E-state index in [1.165, 1.54) is 0 Å². The number of amides is 1. The summed E-state index contributed by atoms with van der Waals surface area (Å²) in [4.78, 5) is 24.6. The fourth-order valence-corrected chi connectivity index (χ4v) is 1.88. The fourth-order valence-electron chi connectivity index (χ4n) is 1.88. The van der Waals surface area contributed by atoms with E-state index in [1.807, 2.05) is 0 Å². The first-order valence-corrected chi connectivity index (χ1v) is 5.27. The normalized spacial score (nSPS) is 14.9. The van der Waals surface area contributed by atoms with Gasteiger partial charge in [-0.3, -0.25) is 4.79 Å². The zero-order valence-electron chi connectivity index (χ0n) is 9.43. The van der Waals surface area contributed by atoms with Crippen LogP contribution in [0.1, 0.15) is 26.5 Å². The predicted octanol–water partition coefficient (Wildman–Crippen LogP) is 0.623. The summed E-state index contributed by atoms with van der Waals surface area (Å²) in [6.45, 7) is 1.42. The Kier molecular flexibility index (Phi) is 3.14. The van der Waals surface area contributed by atoms with E-state index in [9.17, 15) is 9.59 Å². The van der Waals surface area contributed by atoms with Crippen LogP contribution < -0.4 is 0 Å². The number of nitrogens with zero attached hydrogens (tertiary/aromatic N) is 1. The number of ether oxygens (including phenoxy) is 1. The van der Waals surface area contributed by atoms with Gasteiger partial charge in [-0.25, -0.2) is 4.79 Å². The van der Waals surface area contributed by atoms with Crippen molar-refractivity contribution in [2.75, 3.05) is 26.8 Å². The van der Waals surface area contributed by atoms with Crippen molar-refractivity contribution in [3.05, 3.63) is 23.2 Å². The molecule has 6 heteroatoms. The summed E-state index contributed by atoms with van der Waals surface area (Å²) in [5.74, 6) is -0.979. The van der Waals surface area contributed by atoms with Gasteiger partial charge in [0.25, 0.3) is 5.91 Å². The maximum atomic E-state index is 12.1. The first kappa shape index (κ1) is 11.7. The lowest BCUT2D eigenvalue weighted by Gasteiger charge is -2.26. The maximum absolute atomic E-state index is 12.1. The van der Waals surface area contributed by atoms with Crippen LogP contribution in [0.3, 0.4) is 0 Å². The summed E-state index contributed by atoms with van der Waals surface area (Å²) < 4.78 is 10.0. The molecule has 1 aliphatic rings. The Morgan fingerprint density at radius 2 is 2.41 bits per heavy atom. The first-order valence-electron chi connectivity index (χ1n) is 5.27. The number of carbonyl (C=O) groups is 2. The SMILES string of the molecule is COCCN1CCc2occ(C(=O)O)c2C1=O. The van der Waals surface area contributed by atoms with Gasteiger partial charge in [0.1, 0.15) is 17.6 Å². The lowest BCUT2D eigenvalue weighted by atomic mass is 10.0. The Bertz CT molecular complexity index is 451. The molecule has 2 heterocycles. The number of methoxy groups -OCH3 is 1. The standard InChI is InChI=1S/C11H13NO5/c1-16-5-4-12-3-2-8-9(10(12)13)7(6-17-8)11(14)15/h6H,2-5H2,1H3,(H,14,15). The third-order valence-electron chi connectivity index (χ3n) is 2.77. The van der Waals surface area contributed by atoms with E-state index in [2.05, 4.69) is 0 Å². The molecule has 0 unspecified atom stereocenters. The van der Waals surface area contributed by atoms with E-state index in [1.54, 1.807) is 12.0 Å². The van der Waals surface area contributed by atoms with Crippen molar-refractivity contribution >= 4 is 11.9 Å². The summed E-state index contributed by atoms with van der Waals surface area (Å²) >= 11 is 0. The molecule has 0 saturated heterocycles. The molecule has 0 atom stereocenters. The van der Waals surface area contributed by atoms with E-state index >= 15 is 0 Å². The Labute approximate surface area is 97.8 Å². The van der Waals surface area contributed by atoms with Gasteiger partial charge < -0.3 is 19.2 Å². The van der Waals surface area contributed by atoms with Gasteiger partial charge in [-0.1, -0.05) is 0 Å². The Hall–Kier alpha value is -1.82. The number of carboxylic acids is 1. The minimum absolute atomic E-state index is 0.0629. The zero-order chi connectivity index (χ0) is 12.4. The van der Waals surface area contributed by atoms with Crippen LogP contribution >= 0.6 is 0 Å². The van der Waals surface area contributed by atoms with Gasteiger partial charge in [0, 0.05) is 26.6 Å². The minimum Gasteiger partial charge on any atom is -0.478 e. The molecule has 0 spiro atoms. The number of hydrogen-bond donors (Lipinski definition) is 1. The number of carboxylic acid groups (broad SMARTS) is 1. The summed E-state index contributed by atoms with van der Waals surface area (Å²) in [5, 5.41) is 8.95. The van der Waals surface area contributed by atoms with Crippen molar-refractivity contribution in [2.24, 2.45) is 0 Å². The van der Waals surface area contributed by atoms with Crippen LogP contribution in [0.4, 0.5) is 0 Å². The number of fused-ring (bicyclic) bond motifs is 1. The second kappa shape index (κ2) is 4.58. The average Bonchev–Trinajstić information content (AvgIpc) is 2.73. The highest BCUT2D eigenvalue weighted by Crippen LogP contribution is 2.24. The van der Waals surface area contributed by atoms with Crippen molar-refractivity contribution in [1.29, 1.82) is 0 Å². The molecule has 6 nitrogen and oxygen atoms in total. The lowest BCUT2D eigenvalue weighted by Crippen LogP contribution is -2.39. The monoisotopic (exact) mass is 239 g/mol. The maximum Gasteiger partial charge on any atom is 0.339 e. The average molecular weight is 239 g/mol. The van der Waals surface area contributed by atoms with Crippen LogP contribution in [0.25, 0.3) is 0 Å². The van der Waals surface area contributed by atoms with Crippen LogP contribution in [0, 0.1) is 0 Å². The Morgan fingerprint density at radius 1 is 1.65 bits per heavy atom. The predicted molar refractivity (Wildman–Crippen MR) is 57.2 cm³/mol. The second-order valence-corrected chi connectivity index (χ2v) is 3.79. The van der Waals surface area contributed by atoms with E-state index < -0.39 is 5.97 Å². The molecular formula is C11H13NO5. The topological polar surface area (TPSA) is 80.0 Å². The van der Waals surface area contributed by atoms with Gasteiger partial charge in [0.05, 0.1) is 12.2 Å². The molecule has 17 heavy (non-hydrogen) atoms. The number of carbonyl (C=O) groups excluding carboxylic acids is 1. The van der Waals surface area contributed by atoms with Crippen molar-refractivity contribution in [3.63, 3.8) is 0 Å². The molecule has 1 aromatic rings. The van der Waals surface area contributed by atoms with Gasteiger partial charge in [0.2, 0.25) is 0 Å². The molecular weight excluding hydrogens is 226 g/mol. The number of hydrogen-bond acceptors (Lipinski definition) is 4. The Balaban J connectivity index is 2.27. The second-order valence-electron chi connectivity index (χ2n) is 3.79. The van der Waals surface area contributed by atoms with E-state index in [0.29, 0.717) is 31.9 Å². The third kappa shape index (κ3) is 2.03. The van der Waals surface area contributed by atoms with E-state index in [-0.39, 0.29) is 17.0 Å². The number of furan rings is 1. The molecule has 2 rings (SSSR count). The van der Waals surface area contributed by atoms with Crippen LogP contribution in [0.2, 0.25) is 0 Å². The van der Waals surface area contributed by atoms with Crippen molar-refractivity contribution in [2.45, 2.75) is 6.42 Å². The first-order chi connectivity index (χ1) is 8.15. The highest BCUT2D eigenvalue weighted by molar-refractivity contribution is 6.06. The summed E-state index contributed by atoms with van der Waals surface area (Å²) in [7, 11) is 1.56. The molecule has 0 fully saturated rings. The van der Waals surface area contributed by atoms with Crippen molar-refractivity contribution in [1.82, 2.24) is 4.90 Å². The molecule has 0 saturated carbocycles. The van der Waals surface area contributed by atoms with E-state index in [0.717, 1.165) is 6.26 Å². The van der Waals surface area contributed by atoms with Gasteiger partial charge in [-0.15, -0.1) is 0 Å². The molecule has 1 amide bonds. The summed E-state index contributed by atoms with van der Waals surface area (Å²) in [5.41, 5.74) is 0.118. The molecule has 0 bridgehead atoms. The van der Waals surface area contributed by atoms with Crippen molar-refractivity contribution in [3.8, 4) is 0 Å². The minimum atomic E-state index is -1.14. The molecule has 1 N–H and O–H groups in total. The van der Waals surface area contributed by atoms with Gasteiger partial charge in [-0.05, 0) is 0 Å². The van der Waals surface area contributed by atoms with Gasteiger partial charge in [0.15, 0.2) is 0 Å². The van der Waals surface area contributed by atoms with Gasteiger partial charge in [-0.2, -0.15) is 0 Å². The smallest absolute Gasteiger partial charge is 0.339 e. The third-order valence-corrected chi connectivity index (χ3v) is 2.77. The van der Waals surface area contributed by atoms with Crippen LogP contribution in [0.15, 0.2) is 10.7 Å². The van der Waals surface area contributed by atoms with E-state index in [4.69, 9.17) is 14.3 Å². The summed E-state index contributed by atoms with van der Waals surface area (Å²) in [6.07, 6.45) is 1.67. The number of rotatable bonds is 4. The highest BCUT2D eigenvalue weighted by Gasteiger charge is 2.32. The van der Waals surface area contributed by atoms with Crippen LogP contribution in [-0.4, -0.2) is 48.7 Å². The molecule has 1 aliphatic heterocycles. The molecule has 1 aromatic heterocycles. The van der Waals surface area contributed by atoms with Gasteiger partial charge >= 0.3 is 5.97 Å². The van der Waals surface area contributed by atoms with Crippen LogP contribution in [-0.2, 0) is 11.2 Å². The fraction of sp³-hybridized carbons (Fsp3) is 0.455. The quantitative estimate of drug-likeness (QED) is 0.833. The molecule has 0 aromatic carbocycles. The highest BCUT2D eigenvalue weighted by atomic mass is 16.5. The largest absolute Gasteiger partial charge is 0.478 e. The lowest BCUT2D eigenvalue weighted by molar-refractivity contribution is 0.0643. The molecule has 0 radical (unpaired) electrons. The molecule has 92 valence electrons. The summed E-state index contributed by atoms with van der Waals surface area (Å²) in [6, 6.07) is 0. The zero-order valence-corrected chi connectivity index (χ0v) is 9.43. The Morgan fingerprint density at radius 3 is 3.06 bits per heavy atom. The van der Waals surface area contributed by atoms with Crippen molar-refractivity contribution < 1.29 is 23.8 Å². The molecule has 0 aliphatic carbocycles. The van der Waals surface area contributed by atoms with Crippen LogP contribution in [0.5, 0.6) is 0 Å².